The number of rotatable bonds is 7. The van der Waals surface area contributed by atoms with E-state index in [-0.39, 0.29) is 5.91 Å². The van der Waals surface area contributed by atoms with E-state index in [4.69, 9.17) is 5.11 Å². The normalized spacial score (nSPS) is 12.7. The molecule has 1 atom stereocenters. The minimum atomic E-state index is -1.03. The van der Waals surface area contributed by atoms with Crippen LogP contribution < -0.4 is 5.32 Å². The molecule has 15 heavy (non-hydrogen) atoms. The van der Waals surface area contributed by atoms with Crippen molar-refractivity contribution in [3.05, 3.63) is 12.2 Å². The Morgan fingerprint density at radius 2 is 2.07 bits per heavy atom. The summed E-state index contributed by atoms with van der Waals surface area (Å²) in [5.74, 6) is -1.37. The lowest BCUT2D eigenvalue weighted by molar-refractivity contribution is -0.140. The minimum absolute atomic E-state index is 0.346. The zero-order valence-corrected chi connectivity index (χ0v) is 9.32. The van der Waals surface area contributed by atoms with Crippen LogP contribution in [0.1, 0.15) is 39.5 Å². The molecule has 0 aromatic heterocycles. The number of allylic oxidation sites excluding steroid dienone is 1. The van der Waals surface area contributed by atoms with Gasteiger partial charge in [0.2, 0.25) is 5.91 Å². The number of aliphatic carboxylic acids is 1. The van der Waals surface area contributed by atoms with Crippen molar-refractivity contribution < 1.29 is 14.7 Å². The summed E-state index contributed by atoms with van der Waals surface area (Å²) >= 11 is 0. The smallest absolute Gasteiger partial charge is 0.325 e. The lowest BCUT2D eigenvalue weighted by atomic mass is 10.2. The van der Waals surface area contributed by atoms with Gasteiger partial charge in [-0.15, -0.1) is 0 Å². The second-order valence-corrected chi connectivity index (χ2v) is 3.47. The Morgan fingerprint density at radius 3 is 2.60 bits per heavy atom. The van der Waals surface area contributed by atoms with Gasteiger partial charge in [0.05, 0.1) is 0 Å². The molecule has 0 aromatic carbocycles. The number of unbranched alkanes of at least 4 members (excludes halogenated alkanes) is 3. The van der Waals surface area contributed by atoms with Crippen LogP contribution in [0.4, 0.5) is 0 Å². The van der Waals surface area contributed by atoms with Gasteiger partial charge in [-0.1, -0.05) is 25.8 Å². The fourth-order valence-corrected chi connectivity index (χ4v) is 1.03. The van der Waals surface area contributed by atoms with Crippen molar-refractivity contribution in [2.75, 3.05) is 0 Å². The first-order chi connectivity index (χ1) is 7.07. The van der Waals surface area contributed by atoms with Gasteiger partial charge in [0, 0.05) is 0 Å². The molecule has 0 saturated heterocycles. The van der Waals surface area contributed by atoms with Crippen LogP contribution >= 0.6 is 0 Å². The monoisotopic (exact) mass is 213 g/mol. The van der Waals surface area contributed by atoms with E-state index in [0.717, 1.165) is 25.7 Å². The molecule has 0 aliphatic heterocycles. The van der Waals surface area contributed by atoms with E-state index in [1.165, 1.54) is 13.0 Å². The maximum atomic E-state index is 11.1. The highest BCUT2D eigenvalue weighted by Gasteiger charge is 2.11. The number of amides is 1. The van der Waals surface area contributed by atoms with Gasteiger partial charge in [0.1, 0.15) is 6.04 Å². The Hall–Kier alpha value is -1.32. The summed E-state index contributed by atoms with van der Waals surface area (Å²) in [6.07, 6.45) is 7.40. The second-order valence-electron chi connectivity index (χ2n) is 3.47. The van der Waals surface area contributed by atoms with Crippen LogP contribution in [0.3, 0.4) is 0 Å². The van der Waals surface area contributed by atoms with E-state index in [2.05, 4.69) is 12.2 Å². The molecular weight excluding hydrogens is 194 g/mol. The van der Waals surface area contributed by atoms with Crippen molar-refractivity contribution >= 4 is 11.9 Å². The van der Waals surface area contributed by atoms with Crippen molar-refractivity contribution in [1.29, 1.82) is 0 Å². The molecule has 0 radical (unpaired) electrons. The summed E-state index contributed by atoms with van der Waals surface area (Å²) in [6.45, 7) is 3.55. The number of carboxylic acid groups (broad SMARTS) is 1. The van der Waals surface area contributed by atoms with Gasteiger partial charge in [-0.05, 0) is 25.8 Å². The van der Waals surface area contributed by atoms with Crippen molar-refractivity contribution in [2.45, 2.75) is 45.6 Å². The van der Waals surface area contributed by atoms with Gasteiger partial charge in [-0.3, -0.25) is 9.59 Å². The Balaban J connectivity index is 3.68. The average molecular weight is 213 g/mol. The van der Waals surface area contributed by atoms with E-state index < -0.39 is 12.0 Å². The van der Waals surface area contributed by atoms with Gasteiger partial charge in [-0.25, -0.2) is 0 Å². The maximum Gasteiger partial charge on any atom is 0.325 e. The summed E-state index contributed by atoms with van der Waals surface area (Å²) in [5.41, 5.74) is 0. The van der Waals surface area contributed by atoms with Crippen LogP contribution in [-0.4, -0.2) is 23.0 Å². The van der Waals surface area contributed by atoms with Crippen molar-refractivity contribution in [3.8, 4) is 0 Å². The molecule has 2 N–H and O–H groups in total. The first kappa shape index (κ1) is 13.7. The quantitative estimate of drug-likeness (QED) is 0.500. The molecule has 0 bridgehead atoms. The van der Waals surface area contributed by atoms with Gasteiger partial charge >= 0.3 is 5.97 Å². The lowest BCUT2D eigenvalue weighted by Gasteiger charge is -2.05. The minimum Gasteiger partial charge on any atom is -0.480 e. The number of carboxylic acids is 1. The molecule has 1 amide bonds. The van der Waals surface area contributed by atoms with Crippen molar-refractivity contribution in [3.63, 3.8) is 0 Å². The van der Waals surface area contributed by atoms with Crippen LogP contribution in [0.25, 0.3) is 0 Å². The molecule has 0 aromatic rings. The average Bonchev–Trinajstić information content (AvgIpc) is 2.17. The van der Waals surface area contributed by atoms with E-state index in [1.54, 1.807) is 6.08 Å². The molecule has 0 unspecified atom stereocenters. The topological polar surface area (TPSA) is 66.4 Å². The van der Waals surface area contributed by atoms with E-state index in [0.29, 0.717) is 0 Å². The van der Waals surface area contributed by atoms with Crippen LogP contribution in [0, 0.1) is 0 Å². The molecule has 86 valence electrons. The second kappa shape index (κ2) is 8.03. The third kappa shape index (κ3) is 7.73. The highest BCUT2D eigenvalue weighted by Crippen LogP contribution is 1.99. The lowest BCUT2D eigenvalue weighted by Crippen LogP contribution is -2.37. The third-order valence-electron chi connectivity index (χ3n) is 1.97. The molecular formula is C11H19NO3. The summed E-state index contributed by atoms with van der Waals surface area (Å²) < 4.78 is 0. The molecule has 0 aliphatic carbocycles. The molecule has 0 fully saturated rings. The molecule has 0 rings (SSSR count). The highest BCUT2D eigenvalue weighted by molar-refractivity contribution is 5.90. The molecule has 4 heteroatoms. The summed E-state index contributed by atoms with van der Waals surface area (Å²) in [5, 5.41) is 10.9. The van der Waals surface area contributed by atoms with Gasteiger partial charge in [-0.2, -0.15) is 0 Å². The van der Waals surface area contributed by atoms with Gasteiger partial charge in [0.15, 0.2) is 0 Å². The molecule has 4 nitrogen and oxygen atoms in total. The first-order valence-corrected chi connectivity index (χ1v) is 5.27. The predicted octanol–water partition coefficient (Wildman–Crippen LogP) is 1.71. The molecule has 0 heterocycles. The zero-order chi connectivity index (χ0) is 11.7. The number of carbonyl (C=O) groups is 2. The fraction of sp³-hybridized carbons (Fsp3) is 0.636. The third-order valence-corrected chi connectivity index (χ3v) is 1.97. The summed E-state index contributed by atoms with van der Waals surface area (Å²) in [4.78, 5) is 21.5. The van der Waals surface area contributed by atoms with Crippen LogP contribution in [-0.2, 0) is 9.59 Å². The standard InChI is InChI=1S/C11H19NO3/c1-3-4-5-6-7-8-10(13)12-9(2)11(14)15/h7-9H,3-6H2,1-2H3,(H,12,13)(H,14,15)/t9-/m0/s1. The van der Waals surface area contributed by atoms with Crippen LogP contribution in [0.15, 0.2) is 12.2 Å². The Bertz CT molecular complexity index is 236. The van der Waals surface area contributed by atoms with Crippen LogP contribution in [0.5, 0.6) is 0 Å². The van der Waals surface area contributed by atoms with Crippen molar-refractivity contribution in [1.82, 2.24) is 5.32 Å². The van der Waals surface area contributed by atoms with Gasteiger partial charge < -0.3 is 10.4 Å². The SMILES string of the molecule is CCCCCC=CC(=O)N[C@@H](C)C(=O)O. The Kier molecular flexibility index (Phi) is 7.32. The van der Waals surface area contributed by atoms with Gasteiger partial charge in [0.25, 0.3) is 0 Å². The molecule has 0 aliphatic rings. The van der Waals surface area contributed by atoms with Crippen LogP contribution in [0.2, 0.25) is 0 Å². The number of hydrogen-bond donors (Lipinski definition) is 2. The first-order valence-electron chi connectivity index (χ1n) is 5.27. The molecule has 0 saturated carbocycles. The largest absolute Gasteiger partial charge is 0.480 e. The van der Waals surface area contributed by atoms with E-state index >= 15 is 0 Å². The Labute approximate surface area is 90.4 Å². The Morgan fingerprint density at radius 1 is 1.40 bits per heavy atom. The number of carbonyl (C=O) groups excluding carboxylic acids is 1. The summed E-state index contributed by atoms with van der Waals surface area (Å²) in [6, 6.07) is -0.835. The van der Waals surface area contributed by atoms with Crippen molar-refractivity contribution in [2.24, 2.45) is 0 Å². The van der Waals surface area contributed by atoms with E-state index in [9.17, 15) is 9.59 Å². The molecule has 0 spiro atoms. The predicted molar refractivity (Wildman–Crippen MR) is 58.5 cm³/mol. The number of nitrogens with one attached hydrogen (secondary N) is 1. The number of hydrogen-bond acceptors (Lipinski definition) is 2. The summed E-state index contributed by atoms with van der Waals surface area (Å²) in [7, 11) is 0. The highest BCUT2D eigenvalue weighted by atomic mass is 16.4. The maximum absolute atomic E-state index is 11.1. The zero-order valence-electron chi connectivity index (χ0n) is 9.32. The fourth-order valence-electron chi connectivity index (χ4n) is 1.03. The van der Waals surface area contributed by atoms with E-state index in [1.807, 2.05) is 0 Å².